The van der Waals surface area contributed by atoms with E-state index < -0.39 is 0 Å². The summed E-state index contributed by atoms with van der Waals surface area (Å²) >= 11 is 0. The van der Waals surface area contributed by atoms with Gasteiger partial charge in [-0.15, -0.1) is 0 Å². The van der Waals surface area contributed by atoms with Crippen molar-refractivity contribution >= 4 is 11.5 Å². The van der Waals surface area contributed by atoms with Crippen LogP contribution in [0.25, 0.3) is 0 Å². The first-order chi connectivity index (χ1) is 10.3. The monoisotopic (exact) mass is 281 g/mol. The highest BCUT2D eigenvalue weighted by Crippen LogP contribution is 2.25. The number of nitrogens with two attached hydrogens (primary N) is 1. The first-order valence-corrected chi connectivity index (χ1v) is 7.81. The highest BCUT2D eigenvalue weighted by molar-refractivity contribution is 5.45. The number of nitrogens with zero attached hydrogens (tertiary/aromatic N) is 2. The third kappa shape index (κ3) is 3.75. The number of aryl methyl sites for hydroxylation is 1. The number of aromatic nitrogens is 1. The molecule has 0 aliphatic carbocycles. The molecule has 1 saturated heterocycles. The molecule has 110 valence electrons. The predicted molar refractivity (Wildman–Crippen MR) is 88.3 cm³/mol. The maximum Gasteiger partial charge on any atom is 0.128 e. The summed E-state index contributed by atoms with van der Waals surface area (Å²) < 4.78 is 0. The van der Waals surface area contributed by atoms with Crippen molar-refractivity contribution in [2.75, 3.05) is 23.7 Å². The molecule has 0 spiro atoms. The number of nitrogen functional groups attached to an aromatic ring is 1. The van der Waals surface area contributed by atoms with Crippen LogP contribution in [-0.2, 0) is 6.42 Å². The minimum atomic E-state index is 0.733. The van der Waals surface area contributed by atoms with Gasteiger partial charge in [0.1, 0.15) is 5.82 Å². The average Bonchev–Trinajstić information content (AvgIpc) is 2.55. The SMILES string of the molecule is Nc1ccc(N2CCC(CCc3ccccc3)CC2)nc1. The average molecular weight is 281 g/mol. The molecule has 3 heteroatoms. The number of benzene rings is 1. The van der Waals surface area contributed by atoms with Crippen LogP contribution >= 0.6 is 0 Å². The highest BCUT2D eigenvalue weighted by atomic mass is 15.2. The summed E-state index contributed by atoms with van der Waals surface area (Å²) in [5, 5.41) is 0. The summed E-state index contributed by atoms with van der Waals surface area (Å²) in [6.45, 7) is 2.22. The van der Waals surface area contributed by atoms with Crippen LogP contribution in [0.15, 0.2) is 48.7 Å². The Kier molecular flexibility index (Phi) is 4.39. The number of hydrogen-bond donors (Lipinski definition) is 1. The van der Waals surface area contributed by atoms with E-state index in [0.29, 0.717) is 0 Å². The van der Waals surface area contributed by atoms with E-state index >= 15 is 0 Å². The molecular formula is C18H23N3. The van der Waals surface area contributed by atoms with Gasteiger partial charge in [0.15, 0.2) is 0 Å². The van der Waals surface area contributed by atoms with Gasteiger partial charge in [-0.2, -0.15) is 0 Å². The van der Waals surface area contributed by atoms with Gasteiger partial charge >= 0.3 is 0 Å². The van der Waals surface area contributed by atoms with E-state index in [-0.39, 0.29) is 0 Å². The van der Waals surface area contributed by atoms with Crippen LogP contribution in [0.2, 0.25) is 0 Å². The van der Waals surface area contributed by atoms with E-state index in [2.05, 4.69) is 40.2 Å². The van der Waals surface area contributed by atoms with Crippen molar-refractivity contribution in [2.45, 2.75) is 25.7 Å². The molecule has 3 nitrogen and oxygen atoms in total. The maximum atomic E-state index is 5.69. The smallest absolute Gasteiger partial charge is 0.128 e. The van der Waals surface area contributed by atoms with Gasteiger partial charge in [0, 0.05) is 13.1 Å². The maximum absolute atomic E-state index is 5.69. The third-order valence-electron chi connectivity index (χ3n) is 4.39. The zero-order chi connectivity index (χ0) is 14.5. The van der Waals surface area contributed by atoms with Gasteiger partial charge in [-0.3, -0.25) is 0 Å². The molecule has 2 aromatic rings. The number of hydrogen-bond acceptors (Lipinski definition) is 3. The Labute approximate surface area is 126 Å². The molecule has 1 aliphatic rings. The first-order valence-electron chi connectivity index (χ1n) is 7.81. The second kappa shape index (κ2) is 6.61. The molecular weight excluding hydrogens is 258 g/mol. The second-order valence-corrected chi connectivity index (χ2v) is 5.90. The summed E-state index contributed by atoms with van der Waals surface area (Å²) in [6, 6.07) is 14.8. The topological polar surface area (TPSA) is 42.1 Å². The Morgan fingerprint density at radius 2 is 1.81 bits per heavy atom. The van der Waals surface area contributed by atoms with Gasteiger partial charge in [0.05, 0.1) is 11.9 Å². The molecule has 2 heterocycles. The van der Waals surface area contributed by atoms with Crippen LogP contribution in [0.5, 0.6) is 0 Å². The number of piperidine rings is 1. The molecule has 0 bridgehead atoms. The lowest BCUT2D eigenvalue weighted by Crippen LogP contribution is -2.34. The third-order valence-corrected chi connectivity index (χ3v) is 4.39. The fraction of sp³-hybridized carbons (Fsp3) is 0.389. The molecule has 1 aliphatic heterocycles. The Morgan fingerprint density at radius 1 is 1.05 bits per heavy atom. The molecule has 0 radical (unpaired) electrons. The summed E-state index contributed by atoms with van der Waals surface area (Å²) in [5.41, 5.74) is 7.88. The molecule has 1 aromatic heterocycles. The summed E-state index contributed by atoms with van der Waals surface area (Å²) in [4.78, 5) is 6.79. The lowest BCUT2D eigenvalue weighted by atomic mass is 9.90. The minimum Gasteiger partial charge on any atom is -0.397 e. The van der Waals surface area contributed by atoms with Crippen LogP contribution in [0.4, 0.5) is 11.5 Å². The van der Waals surface area contributed by atoms with Crippen molar-refractivity contribution in [2.24, 2.45) is 5.92 Å². The summed E-state index contributed by atoms with van der Waals surface area (Å²) in [6.07, 6.45) is 6.77. The van der Waals surface area contributed by atoms with Crippen molar-refractivity contribution in [3.05, 3.63) is 54.2 Å². The molecule has 0 unspecified atom stereocenters. The van der Waals surface area contributed by atoms with Gasteiger partial charge in [0.2, 0.25) is 0 Å². The van der Waals surface area contributed by atoms with Gasteiger partial charge in [-0.05, 0) is 49.3 Å². The molecule has 1 fully saturated rings. The zero-order valence-corrected chi connectivity index (χ0v) is 12.4. The summed E-state index contributed by atoms with van der Waals surface area (Å²) in [7, 11) is 0. The van der Waals surface area contributed by atoms with E-state index in [9.17, 15) is 0 Å². The number of pyridine rings is 1. The largest absolute Gasteiger partial charge is 0.397 e. The van der Waals surface area contributed by atoms with E-state index in [0.717, 1.165) is 30.5 Å². The normalized spacial score (nSPS) is 16.1. The van der Waals surface area contributed by atoms with Gasteiger partial charge in [-0.25, -0.2) is 4.98 Å². The fourth-order valence-corrected chi connectivity index (χ4v) is 3.05. The van der Waals surface area contributed by atoms with E-state index in [1.165, 1.54) is 31.2 Å². The van der Waals surface area contributed by atoms with Crippen molar-refractivity contribution < 1.29 is 0 Å². The van der Waals surface area contributed by atoms with Gasteiger partial charge in [0.25, 0.3) is 0 Å². The molecule has 1 aromatic carbocycles. The zero-order valence-electron chi connectivity index (χ0n) is 12.4. The summed E-state index contributed by atoms with van der Waals surface area (Å²) in [5.74, 6) is 1.90. The highest BCUT2D eigenvalue weighted by Gasteiger charge is 2.19. The Bertz CT molecular complexity index is 542. The van der Waals surface area contributed by atoms with Gasteiger partial charge in [-0.1, -0.05) is 30.3 Å². The Balaban J connectivity index is 1.48. The standard InChI is InChI=1S/C18H23N3/c19-17-8-9-18(20-14-17)21-12-10-16(11-13-21)7-6-15-4-2-1-3-5-15/h1-5,8-9,14,16H,6-7,10-13,19H2. The fourth-order valence-electron chi connectivity index (χ4n) is 3.05. The second-order valence-electron chi connectivity index (χ2n) is 5.90. The van der Waals surface area contributed by atoms with Crippen LogP contribution in [-0.4, -0.2) is 18.1 Å². The van der Waals surface area contributed by atoms with Crippen LogP contribution in [0, 0.1) is 5.92 Å². The molecule has 21 heavy (non-hydrogen) atoms. The lowest BCUT2D eigenvalue weighted by molar-refractivity contribution is 0.381. The van der Waals surface area contributed by atoms with E-state index in [4.69, 9.17) is 5.73 Å². The lowest BCUT2D eigenvalue weighted by Gasteiger charge is -2.32. The van der Waals surface area contributed by atoms with Crippen LogP contribution < -0.4 is 10.6 Å². The molecule has 0 amide bonds. The quantitative estimate of drug-likeness (QED) is 0.932. The van der Waals surface area contributed by atoms with Crippen molar-refractivity contribution in [1.29, 1.82) is 0 Å². The van der Waals surface area contributed by atoms with Crippen molar-refractivity contribution in [3.63, 3.8) is 0 Å². The van der Waals surface area contributed by atoms with Crippen molar-refractivity contribution in [1.82, 2.24) is 4.98 Å². The molecule has 0 saturated carbocycles. The molecule has 2 N–H and O–H groups in total. The number of rotatable bonds is 4. The minimum absolute atomic E-state index is 0.733. The Morgan fingerprint density at radius 3 is 2.48 bits per heavy atom. The predicted octanol–water partition coefficient (Wildman–Crippen LogP) is 3.51. The van der Waals surface area contributed by atoms with E-state index in [1.54, 1.807) is 6.20 Å². The molecule has 0 atom stereocenters. The Hall–Kier alpha value is -2.03. The first kappa shape index (κ1) is 13.9. The molecule has 3 rings (SSSR count). The van der Waals surface area contributed by atoms with Crippen molar-refractivity contribution in [3.8, 4) is 0 Å². The number of anilines is 2. The van der Waals surface area contributed by atoms with E-state index in [1.807, 2.05) is 12.1 Å². The van der Waals surface area contributed by atoms with Crippen LogP contribution in [0.3, 0.4) is 0 Å². The van der Waals surface area contributed by atoms with Gasteiger partial charge < -0.3 is 10.6 Å². The van der Waals surface area contributed by atoms with Crippen LogP contribution in [0.1, 0.15) is 24.8 Å².